The molecule has 0 bridgehead atoms. The third kappa shape index (κ3) is 3.84. The van der Waals surface area contributed by atoms with Crippen molar-refractivity contribution in [3.8, 4) is 0 Å². The SMILES string of the molecule is Cc1ccccc1[C@@H](C)NC(=O)Cc1cccc(Cl)c1. The predicted molar refractivity (Wildman–Crippen MR) is 82.9 cm³/mol. The van der Waals surface area contributed by atoms with E-state index in [2.05, 4.69) is 18.3 Å². The van der Waals surface area contributed by atoms with E-state index in [-0.39, 0.29) is 11.9 Å². The molecule has 0 aromatic heterocycles. The summed E-state index contributed by atoms with van der Waals surface area (Å²) in [7, 11) is 0. The number of rotatable bonds is 4. The largest absolute Gasteiger partial charge is 0.349 e. The summed E-state index contributed by atoms with van der Waals surface area (Å²) in [5.41, 5.74) is 3.25. The number of halogens is 1. The third-order valence-corrected chi connectivity index (χ3v) is 3.52. The fourth-order valence-corrected chi connectivity index (χ4v) is 2.49. The van der Waals surface area contributed by atoms with E-state index >= 15 is 0 Å². The zero-order chi connectivity index (χ0) is 14.5. The molecule has 1 N–H and O–H groups in total. The van der Waals surface area contributed by atoms with Crippen molar-refractivity contribution < 1.29 is 4.79 Å². The van der Waals surface area contributed by atoms with Gasteiger partial charge in [-0.2, -0.15) is 0 Å². The fraction of sp³-hybridized carbons (Fsp3) is 0.235. The minimum atomic E-state index is 0.00267. The van der Waals surface area contributed by atoms with Gasteiger partial charge in [0.05, 0.1) is 12.5 Å². The minimum absolute atomic E-state index is 0.00267. The van der Waals surface area contributed by atoms with Crippen LogP contribution in [-0.2, 0) is 11.2 Å². The second kappa shape index (κ2) is 6.58. The van der Waals surface area contributed by atoms with E-state index in [0.717, 1.165) is 11.1 Å². The van der Waals surface area contributed by atoms with Crippen molar-refractivity contribution in [3.63, 3.8) is 0 Å². The van der Waals surface area contributed by atoms with Gasteiger partial charge in [0.2, 0.25) is 5.91 Å². The highest BCUT2D eigenvalue weighted by atomic mass is 35.5. The number of hydrogen-bond acceptors (Lipinski definition) is 1. The Morgan fingerprint density at radius 3 is 2.65 bits per heavy atom. The Hall–Kier alpha value is -1.80. The molecular weight excluding hydrogens is 270 g/mol. The standard InChI is InChI=1S/C17H18ClNO/c1-12-6-3-4-9-16(12)13(2)19-17(20)11-14-7-5-8-15(18)10-14/h3-10,13H,11H2,1-2H3,(H,19,20)/t13-/m1/s1. The van der Waals surface area contributed by atoms with Gasteiger partial charge in [0.1, 0.15) is 0 Å². The van der Waals surface area contributed by atoms with E-state index < -0.39 is 0 Å². The number of nitrogens with one attached hydrogen (secondary N) is 1. The van der Waals surface area contributed by atoms with Crippen molar-refractivity contribution >= 4 is 17.5 Å². The van der Waals surface area contributed by atoms with Crippen molar-refractivity contribution in [2.75, 3.05) is 0 Å². The lowest BCUT2D eigenvalue weighted by Crippen LogP contribution is -2.28. The molecule has 104 valence electrons. The molecule has 2 nitrogen and oxygen atoms in total. The molecule has 0 saturated heterocycles. The molecule has 0 spiro atoms. The Labute approximate surface area is 124 Å². The van der Waals surface area contributed by atoms with Crippen LogP contribution in [0.2, 0.25) is 5.02 Å². The third-order valence-electron chi connectivity index (χ3n) is 3.29. The van der Waals surface area contributed by atoms with Crippen LogP contribution < -0.4 is 5.32 Å². The highest BCUT2D eigenvalue weighted by Gasteiger charge is 2.11. The van der Waals surface area contributed by atoms with Crippen LogP contribution in [0.1, 0.15) is 29.7 Å². The van der Waals surface area contributed by atoms with E-state index in [1.165, 1.54) is 5.56 Å². The second-order valence-corrected chi connectivity index (χ2v) is 5.39. The van der Waals surface area contributed by atoms with Crippen LogP contribution in [0.25, 0.3) is 0 Å². The average Bonchev–Trinajstić information content (AvgIpc) is 2.38. The predicted octanol–water partition coefficient (Wildman–Crippen LogP) is 4.07. The second-order valence-electron chi connectivity index (χ2n) is 4.95. The first-order valence-corrected chi connectivity index (χ1v) is 7.03. The summed E-state index contributed by atoms with van der Waals surface area (Å²) in [6.45, 7) is 4.05. The highest BCUT2D eigenvalue weighted by molar-refractivity contribution is 6.30. The maximum Gasteiger partial charge on any atom is 0.224 e. The molecule has 0 fully saturated rings. The summed E-state index contributed by atoms with van der Waals surface area (Å²) in [5.74, 6) is 0.00280. The average molecular weight is 288 g/mol. The van der Waals surface area contributed by atoms with Gasteiger partial charge in [0.25, 0.3) is 0 Å². The van der Waals surface area contributed by atoms with Crippen LogP contribution in [-0.4, -0.2) is 5.91 Å². The molecule has 2 rings (SSSR count). The van der Waals surface area contributed by atoms with Gasteiger partial charge in [0.15, 0.2) is 0 Å². The summed E-state index contributed by atoms with van der Waals surface area (Å²) in [6.07, 6.45) is 0.344. The normalized spacial score (nSPS) is 11.9. The Bertz CT molecular complexity index is 609. The van der Waals surface area contributed by atoms with Gasteiger partial charge in [-0.1, -0.05) is 48.0 Å². The molecule has 2 aromatic rings. The first-order valence-electron chi connectivity index (χ1n) is 6.65. The van der Waals surface area contributed by atoms with E-state index in [4.69, 9.17) is 11.6 Å². The molecule has 2 aromatic carbocycles. The van der Waals surface area contributed by atoms with E-state index in [1.807, 2.05) is 43.3 Å². The Kier molecular flexibility index (Phi) is 4.80. The number of amides is 1. The van der Waals surface area contributed by atoms with Gasteiger partial charge in [-0.25, -0.2) is 0 Å². The molecule has 3 heteroatoms. The van der Waals surface area contributed by atoms with Crippen LogP contribution in [0.3, 0.4) is 0 Å². The molecule has 0 aliphatic rings. The first kappa shape index (κ1) is 14.6. The van der Waals surface area contributed by atoms with Crippen LogP contribution in [0.15, 0.2) is 48.5 Å². The maximum atomic E-state index is 12.1. The van der Waals surface area contributed by atoms with Crippen molar-refractivity contribution in [2.45, 2.75) is 26.3 Å². The van der Waals surface area contributed by atoms with Gasteiger partial charge in [-0.05, 0) is 42.7 Å². The smallest absolute Gasteiger partial charge is 0.224 e. The number of aryl methyl sites for hydroxylation is 1. The molecule has 20 heavy (non-hydrogen) atoms. The molecule has 0 aliphatic carbocycles. The van der Waals surface area contributed by atoms with Gasteiger partial charge in [-0.3, -0.25) is 4.79 Å². The first-order chi connectivity index (χ1) is 9.56. The Morgan fingerprint density at radius 1 is 1.20 bits per heavy atom. The molecule has 0 saturated carbocycles. The minimum Gasteiger partial charge on any atom is -0.349 e. The summed E-state index contributed by atoms with van der Waals surface area (Å²) in [4.78, 5) is 12.1. The quantitative estimate of drug-likeness (QED) is 0.902. The van der Waals surface area contributed by atoms with Crippen LogP contribution >= 0.6 is 11.6 Å². The lowest BCUT2D eigenvalue weighted by atomic mass is 10.0. The molecule has 0 aliphatic heterocycles. The summed E-state index contributed by atoms with van der Waals surface area (Å²) >= 11 is 5.92. The summed E-state index contributed by atoms with van der Waals surface area (Å²) in [6, 6.07) is 15.5. The van der Waals surface area contributed by atoms with Crippen molar-refractivity contribution in [1.29, 1.82) is 0 Å². The zero-order valence-electron chi connectivity index (χ0n) is 11.7. The number of benzene rings is 2. The lowest BCUT2D eigenvalue weighted by molar-refractivity contribution is -0.121. The maximum absolute atomic E-state index is 12.1. The fourth-order valence-electron chi connectivity index (χ4n) is 2.28. The molecule has 1 atom stereocenters. The van der Waals surface area contributed by atoms with Crippen molar-refractivity contribution in [2.24, 2.45) is 0 Å². The summed E-state index contributed by atoms with van der Waals surface area (Å²) in [5, 5.41) is 3.68. The van der Waals surface area contributed by atoms with Gasteiger partial charge < -0.3 is 5.32 Å². The van der Waals surface area contributed by atoms with Crippen molar-refractivity contribution in [1.82, 2.24) is 5.32 Å². The van der Waals surface area contributed by atoms with Crippen LogP contribution in [0.4, 0.5) is 0 Å². The van der Waals surface area contributed by atoms with E-state index in [9.17, 15) is 4.79 Å². The number of carbonyl (C=O) groups excluding carboxylic acids is 1. The Morgan fingerprint density at radius 2 is 1.95 bits per heavy atom. The van der Waals surface area contributed by atoms with Gasteiger partial charge >= 0.3 is 0 Å². The van der Waals surface area contributed by atoms with E-state index in [1.54, 1.807) is 6.07 Å². The van der Waals surface area contributed by atoms with Crippen LogP contribution in [0.5, 0.6) is 0 Å². The highest BCUT2D eigenvalue weighted by Crippen LogP contribution is 2.17. The monoisotopic (exact) mass is 287 g/mol. The molecular formula is C17H18ClNO. The summed E-state index contributed by atoms with van der Waals surface area (Å²) < 4.78 is 0. The van der Waals surface area contributed by atoms with Crippen LogP contribution in [0, 0.1) is 6.92 Å². The molecule has 0 unspecified atom stereocenters. The molecule has 1 amide bonds. The molecule has 0 heterocycles. The van der Waals surface area contributed by atoms with Gasteiger partial charge in [0, 0.05) is 5.02 Å². The number of hydrogen-bond donors (Lipinski definition) is 1. The number of carbonyl (C=O) groups is 1. The van der Waals surface area contributed by atoms with Gasteiger partial charge in [-0.15, -0.1) is 0 Å². The molecule has 0 radical (unpaired) electrons. The topological polar surface area (TPSA) is 29.1 Å². The lowest BCUT2D eigenvalue weighted by Gasteiger charge is -2.16. The van der Waals surface area contributed by atoms with Crippen molar-refractivity contribution in [3.05, 3.63) is 70.2 Å². The Balaban J connectivity index is 2.00. The zero-order valence-corrected chi connectivity index (χ0v) is 12.4. The van der Waals surface area contributed by atoms with E-state index in [0.29, 0.717) is 11.4 Å².